The first-order chi connectivity index (χ1) is 17.5. The van der Waals surface area contributed by atoms with E-state index in [4.69, 9.17) is 23.2 Å². The molecule has 0 aliphatic rings. The fraction of sp³-hybridized carbons (Fsp3) is 0.385. The van der Waals surface area contributed by atoms with Crippen LogP contribution < -0.4 is 15.4 Å². The first kappa shape index (κ1) is 29.4. The van der Waals surface area contributed by atoms with Crippen molar-refractivity contribution in [1.29, 1.82) is 0 Å². The molecule has 0 saturated heterocycles. The summed E-state index contributed by atoms with van der Waals surface area (Å²) in [5.41, 5.74) is 0. The number of halogens is 2. The van der Waals surface area contributed by atoms with Crippen LogP contribution in [0.5, 0.6) is 0 Å². The lowest BCUT2D eigenvalue weighted by molar-refractivity contribution is -0.129. The average molecular weight is 585 g/mol. The molecule has 0 bridgehead atoms. The molecular formula is C26H31Cl2N3O4S2. The Bertz CT molecular complexity index is 1310. The molecule has 0 radical (unpaired) electrons. The highest BCUT2D eigenvalue weighted by molar-refractivity contribution is 7.89. The van der Waals surface area contributed by atoms with E-state index >= 15 is 0 Å². The molecule has 37 heavy (non-hydrogen) atoms. The van der Waals surface area contributed by atoms with Gasteiger partial charge < -0.3 is 10.6 Å². The number of rotatable bonds is 13. The number of fused-ring (bicyclic) bond motifs is 1. The van der Waals surface area contributed by atoms with Gasteiger partial charge in [0.15, 0.2) is 0 Å². The van der Waals surface area contributed by atoms with Crippen LogP contribution in [0.3, 0.4) is 0 Å². The summed E-state index contributed by atoms with van der Waals surface area (Å²) in [4.78, 5) is 26.4. The van der Waals surface area contributed by atoms with Crippen molar-refractivity contribution in [2.75, 3.05) is 13.1 Å². The third kappa shape index (κ3) is 8.97. The minimum absolute atomic E-state index is 0.0326. The molecule has 11 heteroatoms. The van der Waals surface area contributed by atoms with E-state index in [1.54, 1.807) is 11.3 Å². The lowest BCUT2D eigenvalue weighted by Crippen LogP contribution is -2.48. The van der Waals surface area contributed by atoms with E-state index in [1.807, 2.05) is 44.2 Å². The lowest BCUT2D eigenvalue weighted by atomic mass is 10.0. The first-order valence-electron chi connectivity index (χ1n) is 12.0. The zero-order valence-electron chi connectivity index (χ0n) is 20.7. The maximum atomic E-state index is 12.8. The predicted octanol–water partition coefficient (Wildman–Crippen LogP) is 5.16. The molecule has 0 unspecified atom stereocenters. The van der Waals surface area contributed by atoms with Crippen LogP contribution in [0.25, 0.3) is 10.1 Å². The Kier molecular flexibility index (Phi) is 10.8. The van der Waals surface area contributed by atoms with E-state index < -0.39 is 16.1 Å². The second-order valence-corrected chi connectivity index (χ2v) is 12.9. The number of sulfonamides is 1. The van der Waals surface area contributed by atoms with Gasteiger partial charge in [-0.15, -0.1) is 11.3 Å². The maximum Gasteiger partial charge on any atom is 0.242 e. The van der Waals surface area contributed by atoms with E-state index in [1.165, 1.54) is 18.2 Å². The molecule has 0 aliphatic carbocycles. The second-order valence-electron chi connectivity index (χ2n) is 9.15. The van der Waals surface area contributed by atoms with Crippen molar-refractivity contribution in [3.8, 4) is 0 Å². The molecule has 1 aromatic heterocycles. The van der Waals surface area contributed by atoms with E-state index in [9.17, 15) is 18.0 Å². The Morgan fingerprint density at radius 3 is 2.43 bits per heavy atom. The molecular weight excluding hydrogens is 553 g/mol. The monoisotopic (exact) mass is 583 g/mol. The number of hydrogen-bond acceptors (Lipinski definition) is 5. The zero-order chi connectivity index (χ0) is 27.0. The molecule has 2 aromatic carbocycles. The van der Waals surface area contributed by atoms with E-state index in [2.05, 4.69) is 15.4 Å². The van der Waals surface area contributed by atoms with Crippen molar-refractivity contribution in [3.05, 3.63) is 63.5 Å². The van der Waals surface area contributed by atoms with Gasteiger partial charge in [0.2, 0.25) is 21.8 Å². The zero-order valence-corrected chi connectivity index (χ0v) is 23.9. The van der Waals surface area contributed by atoms with Crippen LogP contribution in [0.4, 0.5) is 0 Å². The molecule has 7 nitrogen and oxygen atoms in total. The van der Waals surface area contributed by atoms with Crippen molar-refractivity contribution in [3.63, 3.8) is 0 Å². The van der Waals surface area contributed by atoms with Crippen LogP contribution in [-0.2, 0) is 26.0 Å². The van der Waals surface area contributed by atoms with Crippen LogP contribution in [-0.4, -0.2) is 39.4 Å². The minimum atomic E-state index is -3.76. The highest BCUT2D eigenvalue weighted by Crippen LogP contribution is 2.26. The fourth-order valence-corrected chi connectivity index (χ4v) is 6.70. The van der Waals surface area contributed by atoms with Gasteiger partial charge in [-0.2, -0.15) is 0 Å². The van der Waals surface area contributed by atoms with Crippen LogP contribution in [0.1, 0.15) is 38.0 Å². The number of amides is 2. The Balaban J connectivity index is 1.44. The highest BCUT2D eigenvalue weighted by atomic mass is 35.5. The number of benzene rings is 2. The van der Waals surface area contributed by atoms with Crippen LogP contribution in [0, 0.1) is 5.92 Å². The quantitative estimate of drug-likeness (QED) is 0.242. The van der Waals surface area contributed by atoms with Crippen molar-refractivity contribution in [2.24, 2.45) is 5.92 Å². The summed E-state index contributed by atoms with van der Waals surface area (Å²) in [5.74, 6) is -0.219. The number of carbonyl (C=O) groups excluding carboxylic acids is 2. The molecule has 3 N–H and O–H groups in total. The minimum Gasteiger partial charge on any atom is -0.354 e. The lowest BCUT2D eigenvalue weighted by Gasteiger charge is -2.20. The van der Waals surface area contributed by atoms with Gasteiger partial charge >= 0.3 is 0 Å². The number of unbranched alkanes of at least 4 members (excludes halogenated alkanes) is 1. The predicted molar refractivity (Wildman–Crippen MR) is 151 cm³/mol. The number of hydrogen-bond donors (Lipinski definition) is 3. The first-order valence-corrected chi connectivity index (χ1v) is 15.1. The van der Waals surface area contributed by atoms with E-state index in [0.717, 1.165) is 15.0 Å². The molecule has 0 spiro atoms. The summed E-state index contributed by atoms with van der Waals surface area (Å²) in [6.45, 7) is 4.55. The van der Waals surface area contributed by atoms with Crippen LogP contribution >= 0.6 is 34.5 Å². The number of thiophene rings is 1. The van der Waals surface area contributed by atoms with E-state index in [0.29, 0.717) is 30.8 Å². The van der Waals surface area contributed by atoms with Gasteiger partial charge in [-0.25, -0.2) is 13.1 Å². The highest BCUT2D eigenvalue weighted by Gasteiger charge is 2.22. The molecule has 0 aliphatic heterocycles. The molecule has 200 valence electrons. The summed E-state index contributed by atoms with van der Waals surface area (Å²) in [6, 6.07) is 13.5. The average Bonchev–Trinajstić information content (AvgIpc) is 3.22. The summed E-state index contributed by atoms with van der Waals surface area (Å²) >= 11 is 13.4. The summed E-state index contributed by atoms with van der Waals surface area (Å²) < 4.78 is 28.5. The van der Waals surface area contributed by atoms with Gasteiger partial charge in [0.25, 0.3) is 0 Å². The molecule has 1 heterocycles. The van der Waals surface area contributed by atoms with Crippen molar-refractivity contribution in [2.45, 2.75) is 50.5 Å². The van der Waals surface area contributed by atoms with Gasteiger partial charge in [0.1, 0.15) is 10.9 Å². The molecule has 1 atom stereocenters. The smallest absolute Gasteiger partial charge is 0.242 e. The van der Waals surface area contributed by atoms with Crippen molar-refractivity contribution >= 4 is 66.5 Å². The van der Waals surface area contributed by atoms with Crippen LogP contribution in [0.15, 0.2) is 53.4 Å². The summed E-state index contributed by atoms with van der Waals surface area (Å²) in [5, 5.41) is 7.25. The summed E-state index contributed by atoms with van der Waals surface area (Å²) in [6.07, 6.45) is 1.81. The van der Waals surface area contributed by atoms with Crippen molar-refractivity contribution in [1.82, 2.24) is 15.4 Å². The van der Waals surface area contributed by atoms with Gasteiger partial charge in [0.05, 0.1) is 11.4 Å². The number of nitrogens with one attached hydrogen (secondary N) is 3. The fourth-order valence-electron chi connectivity index (χ4n) is 3.79. The van der Waals surface area contributed by atoms with Gasteiger partial charge in [-0.3, -0.25) is 9.59 Å². The summed E-state index contributed by atoms with van der Waals surface area (Å²) in [7, 11) is -3.76. The van der Waals surface area contributed by atoms with Crippen LogP contribution in [0.2, 0.25) is 10.0 Å². The molecule has 0 fully saturated rings. The topological polar surface area (TPSA) is 104 Å². The number of carbonyl (C=O) groups is 2. The second kappa shape index (κ2) is 13.6. The third-order valence-corrected chi connectivity index (χ3v) is 8.84. The Labute approximate surface area is 232 Å². The Hall–Kier alpha value is -2.17. The molecule has 3 aromatic rings. The van der Waals surface area contributed by atoms with Gasteiger partial charge in [-0.1, -0.05) is 55.2 Å². The van der Waals surface area contributed by atoms with Gasteiger partial charge in [0, 0.05) is 27.7 Å². The van der Waals surface area contributed by atoms with E-state index in [-0.39, 0.29) is 40.6 Å². The Morgan fingerprint density at radius 1 is 1.00 bits per heavy atom. The van der Waals surface area contributed by atoms with Gasteiger partial charge in [-0.05, 0) is 60.9 Å². The Morgan fingerprint density at radius 2 is 1.73 bits per heavy atom. The molecule has 3 rings (SSSR count). The maximum absolute atomic E-state index is 12.8. The van der Waals surface area contributed by atoms with Crippen molar-refractivity contribution < 1.29 is 18.0 Å². The normalized spacial score (nSPS) is 12.6. The molecule has 2 amide bonds. The third-order valence-electron chi connectivity index (χ3n) is 5.55. The molecule has 0 saturated carbocycles. The SMILES string of the molecule is CC(C)C[C@@H](NC(=O)Cc1cc2ccccc2s1)C(=O)NCCCCNS(=O)(=O)c1ccc(Cl)cc1Cl. The standard InChI is InChI=1S/C26H31Cl2N3O4S2/c1-17(2)13-22(31-25(32)16-20-14-18-7-3-4-8-23(18)36-20)26(33)29-11-5-6-12-30-37(34,35)24-10-9-19(27)15-21(24)28/h3-4,7-10,14-15,17,22,30H,5-6,11-13,16H2,1-2H3,(H,29,33)(H,31,32)/t22-/m1/s1. The largest absolute Gasteiger partial charge is 0.354 e.